The number of aromatic nitrogens is 4. The van der Waals surface area contributed by atoms with Gasteiger partial charge in [0, 0.05) is 49.1 Å². The van der Waals surface area contributed by atoms with E-state index >= 15 is 0 Å². The van der Waals surface area contributed by atoms with E-state index in [2.05, 4.69) is 185 Å². The molecule has 57 heavy (non-hydrogen) atoms. The van der Waals surface area contributed by atoms with Gasteiger partial charge in [-0.15, -0.1) is 0 Å². The SMILES string of the molecule is c1ccc(-c2cccc(-c3cc(-c4cccc5c4oc4ccccc45)nc(-n4c5ccccc5c5cc6c(cc54)c4ccccc4n6-c4ccccc4)n3)c2)cc1. The molecule has 0 saturated carbocycles. The third kappa shape index (κ3) is 4.89. The van der Waals surface area contributed by atoms with Crippen molar-refractivity contribution in [2.45, 2.75) is 0 Å². The van der Waals surface area contributed by atoms with Gasteiger partial charge in [0.25, 0.3) is 0 Å². The van der Waals surface area contributed by atoms with Gasteiger partial charge in [-0.2, -0.15) is 0 Å². The molecule has 0 bridgehead atoms. The number of rotatable bonds is 5. The molecule has 266 valence electrons. The summed E-state index contributed by atoms with van der Waals surface area (Å²) in [5.41, 5.74) is 13.0. The summed E-state index contributed by atoms with van der Waals surface area (Å²) in [6.45, 7) is 0. The number of hydrogen-bond donors (Lipinski definition) is 0. The smallest absolute Gasteiger partial charge is 0.235 e. The van der Waals surface area contributed by atoms with E-state index in [1.54, 1.807) is 0 Å². The number of furan rings is 1. The van der Waals surface area contributed by atoms with E-state index in [0.29, 0.717) is 5.95 Å². The van der Waals surface area contributed by atoms with Crippen LogP contribution in [0, 0.1) is 0 Å². The Bertz CT molecular complexity index is 3520. The number of para-hydroxylation sites is 5. The lowest BCUT2D eigenvalue weighted by atomic mass is 10.0. The number of fused-ring (bicyclic) bond motifs is 9. The highest BCUT2D eigenvalue weighted by atomic mass is 16.3. The van der Waals surface area contributed by atoms with Crippen LogP contribution in [0.25, 0.3) is 111 Å². The maximum Gasteiger partial charge on any atom is 0.235 e. The van der Waals surface area contributed by atoms with Crippen LogP contribution in [-0.2, 0) is 0 Å². The molecule has 8 aromatic carbocycles. The van der Waals surface area contributed by atoms with Gasteiger partial charge >= 0.3 is 0 Å². The van der Waals surface area contributed by atoms with E-state index in [1.165, 1.54) is 16.3 Å². The summed E-state index contributed by atoms with van der Waals surface area (Å²) in [5.74, 6) is 0.595. The lowest BCUT2D eigenvalue weighted by Crippen LogP contribution is -2.04. The second-order valence-electron chi connectivity index (χ2n) is 14.6. The molecule has 0 aliphatic rings. The van der Waals surface area contributed by atoms with Crippen LogP contribution in [0.2, 0.25) is 0 Å². The average Bonchev–Trinajstić information content (AvgIpc) is 3.93. The van der Waals surface area contributed by atoms with Crippen LogP contribution in [0.1, 0.15) is 0 Å². The maximum atomic E-state index is 6.59. The van der Waals surface area contributed by atoms with Crippen molar-refractivity contribution >= 4 is 65.6 Å². The summed E-state index contributed by atoms with van der Waals surface area (Å²) in [6.07, 6.45) is 0. The minimum absolute atomic E-state index is 0.595. The van der Waals surface area contributed by atoms with Crippen LogP contribution in [0.15, 0.2) is 199 Å². The molecule has 0 unspecified atom stereocenters. The van der Waals surface area contributed by atoms with Gasteiger partial charge in [0.15, 0.2) is 0 Å². The third-order valence-electron chi connectivity index (χ3n) is 11.3. The first kappa shape index (κ1) is 31.6. The Balaban J connectivity index is 1.17. The van der Waals surface area contributed by atoms with Gasteiger partial charge in [0.05, 0.1) is 33.5 Å². The van der Waals surface area contributed by atoms with Gasteiger partial charge in [-0.3, -0.25) is 4.57 Å². The first-order valence-electron chi connectivity index (χ1n) is 19.2. The Morgan fingerprint density at radius 3 is 1.68 bits per heavy atom. The van der Waals surface area contributed by atoms with E-state index in [4.69, 9.17) is 14.4 Å². The van der Waals surface area contributed by atoms with E-state index < -0.39 is 0 Å². The fourth-order valence-corrected chi connectivity index (χ4v) is 8.76. The zero-order valence-electron chi connectivity index (χ0n) is 30.7. The summed E-state index contributed by atoms with van der Waals surface area (Å²) in [5, 5.41) is 6.79. The normalized spacial score (nSPS) is 11.9. The van der Waals surface area contributed by atoms with E-state index in [0.717, 1.165) is 88.6 Å². The van der Waals surface area contributed by atoms with Crippen molar-refractivity contribution in [1.29, 1.82) is 0 Å². The van der Waals surface area contributed by atoms with Gasteiger partial charge in [-0.25, -0.2) is 9.97 Å². The molecule has 0 saturated heterocycles. The van der Waals surface area contributed by atoms with Crippen molar-refractivity contribution in [2.75, 3.05) is 0 Å². The van der Waals surface area contributed by atoms with Crippen molar-refractivity contribution in [3.63, 3.8) is 0 Å². The van der Waals surface area contributed by atoms with Crippen molar-refractivity contribution < 1.29 is 4.42 Å². The van der Waals surface area contributed by atoms with Crippen LogP contribution < -0.4 is 0 Å². The van der Waals surface area contributed by atoms with Crippen molar-refractivity contribution in [2.24, 2.45) is 0 Å². The van der Waals surface area contributed by atoms with Crippen LogP contribution >= 0.6 is 0 Å². The highest BCUT2D eigenvalue weighted by Gasteiger charge is 2.22. The first-order valence-corrected chi connectivity index (χ1v) is 19.2. The second kappa shape index (κ2) is 12.4. The number of benzene rings is 8. The fraction of sp³-hybridized carbons (Fsp3) is 0. The molecule has 0 N–H and O–H groups in total. The van der Waals surface area contributed by atoms with Gasteiger partial charge in [0.2, 0.25) is 5.95 Å². The summed E-state index contributed by atoms with van der Waals surface area (Å²) in [6, 6.07) is 68.3. The summed E-state index contributed by atoms with van der Waals surface area (Å²) >= 11 is 0. The maximum absolute atomic E-state index is 6.59. The molecule has 0 aliphatic heterocycles. The molecule has 0 atom stereocenters. The zero-order chi connectivity index (χ0) is 37.5. The van der Waals surface area contributed by atoms with Crippen LogP contribution in [-0.4, -0.2) is 19.1 Å². The Kier molecular flexibility index (Phi) is 6.86. The first-order chi connectivity index (χ1) is 28.3. The number of hydrogen-bond acceptors (Lipinski definition) is 3. The standard InChI is InChI=1S/C52H32N4O/c1-3-15-33(16-4-1)34-17-13-18-35(29-34)44-32-45(41-25-14-24-40-39-23-9-12-28-50(39)57-51(40)41)54-52(53-44)56-47-27-11-8-22-38(47)43-30-48-42(31-49(43)56)37-21-7-10-26-46(37)55(48)36-19-5-2-6-20-36/h1-32H. The van der Waals surface area contributed by atoms with Gasteiger partial charge < -0.3 is 8.98 Å². The van der Waals surface area contributed by atoms with Crippen LogP contribution in [0.3, 0.4) is 0 Å². The third-order valence-corrected chi connectivity index (χ3v) is 11.3. The van der Waals surface area contributed by atoms with Crippen molar-refractivity contribution in [3.8, 4) is 45.3 Å². The van der Waals surface area contributed by atoms with E-state index in [-0.39, 0.29) is 0 Å². The lowest BCUT2D eigenvalue weighted by Gasteiger charge is -2.13. The lowest BCUT2D eigenvalue weighted by molar-refractivity contribution is 0.670. The molecule has 4 aromatic heterocycles. The van der Waals surface area contributed by atoms with Crippen molar-refractivity contribution in [1.82, 2.24) is 19.1 Å². The van der Waals surface area contributed by atoms with Crippen LogP contribution in [0.5, 0.6) is 0 Å². The fourth-order valence-electron chi connectivity index (χ4n) is 8.76. The minimum Gasteiger partial charge on any atom is -0.455 e. The molecule has 12 aromatic rings. The average molecular weight is 729 g/mol. The highest BCUT2D eigenvalue weighted by Crippen LogP contribution is 2.41. The molecule has 12 rings (SSSR count). The summed E-state index contributed by atoms with van der Waals surface area (Å²) in [7, 11) is 0. The molecule has 0 aliphatic carbocycles. The molecule has 0 amide bonds. The zero-order valence-corrected chi connectivity index (χ0v) is 30.7. The quantitative estimate of drug-likeness (QED) is 0.177. The predicted molar refractivity (Wildman–Crippen MR) is 234 cm³/mol. The Morgan fingerprint density at radius 2 is 0.912 bits per heavy atom. The summed E-state index contributed by atoms with van der Waals surface area (Å²) in [4.78, 5) is 10.9. The van der Waals surface area contributed by atoms with Gasteiger partial charge in [-0.1, -0.05) is 133 Å². The monoisotopic (exact) mass is 728 g/mol. The van der Waals surface area contributed by atoms with Gasteiger partial charge in [0.1, 0.15) is 11.2 Å². The molecular weight excluding hydrogens is 697 g/mol. The number of nitrogens with zero attached hydrogens (tertiary/aromatic N) is 4. The molecular formula is C52H32N4O. The molecule has 4 heterocycles. The van der Waals surface area contributed by atoms with Crippen molar-refractivity contribution in [3.05, 3.63) is 194 Å². The molecule has 0 radical (unpaired) electrons. The van der Waals surface area contributed by atoms with Crippen LogP contribution in [0.4, 0.5) is 0 Å². The largest absolute Gasteiger partial charge is 0.455 e. The predicted octanol–water partition coefficient (Wildman–Crippen LogP) is 13.6. The summed E-state index contributed by atoms with van der Waals surface area (Å²) < 4.78 is 11.2. The molecule has 0 spiro atoms. The highest BCUT2D eigenvalue weighted by molar-refractivity contribution is 6.19. The van der Waals surface area contributed by atoms with Gasteiger partial charge in [-0.05, 0) is 71.8 Å². The Hall–Kier alpha value is -7.76. The Labute approximate surface area is 327 Å². The molecule has 5 heteroatoms. The Morgan fingerprint density at radius 1 is 0.351 bits per heavy atom. The topological polar surface area (TPSA) is 48.8 Å². The minimum atomic E-state index is 0.595. The molecule has 5 nitrogen and oxygen atoms in total. The van der Waals surface area contributed by atoms with E-state index in [9.17, 15) is 0 Å². The van der Waals surface area contributed by atoms with E-state index in [1.807, 2.05) is 18.2 Å². The second-order valence-corrected chi connectivity index (χ2v) is 14.6. The molecule has 0 fully saturated rings.